The molecule has 1 heterocycles. The van der Waals surface area contributed by atoms with Gasteiger partial charge in [-0.3, -0.25) is 9.59 Å². The first-order valence-electron chi connectivity index (χ1n) is 5.66. The zero-order valence-electron chi connectivity index (χ0n) is 11.1. The van der Waals surface area contributed by atoms with Gasteiger partial charge in [0.25, 0.3) is 5.56 Å². The lowest BCUT2D eigenvalue weighted by Gasteiger charge is -2.19. The van der Waals surface area contributed by atoms with Crippen LogP contribution in [0.3, 0.4) is 0 Å². The summed E-state index contributed by atoms with van der Waals surface area (Å²) < 4.78 is 11.2. The summed E-state index contributed by atoms with van der Waals surface area (Å²) in [5, 5.41) is 3.93. The molecule has 1 aromatic heterocycles. The Morgan fingerprint density at radius 3 is 2.61 bits per heavy atom. The molecule has 0 N–H and O–H groups in total. The number of carbonyl (C=O) groups excluding carboxylic acids is 1. The van der Waals surface area contributed by atoms with E-state index in [1.54, 1.807) is 20.8 Å². The minimum atomic E-state index is -0.524. The second kappa shape index (κ2) is 5.66. The second-order valence-corrected chi connectivity index (χ2v) is 4.77. The molecule has 6 nitrogen and oxygen atoms in total. The van der Waals surface area contributed by atoms with Crippen molar-refractivity contribution in [3.05, 3.63) is 22.5 Å². The average molecular weight is 254 g/mol. The highest BCUT2D eigenvalue weighted by Gasteiger charge is 2.16. The van der Waals surface area contributed by atoms with Gasteiger partial charge in [-0.25, -0.2) is 4.68 Å². The first kappa shape index (κ1) is 14.2. The highest BCUT2D eigenvalue weighted by Crippen LogP contribution is 2.08. The molecule has 0 saturated carbocycles. The molecule has 6 heteroatoms. The Morgan fingerprint density at radius 2 is 2.06 bits per heavy atom. The highest BCUT2D eigenvalue weighted by molar-refractivity contribution is 5.69. The van der Waals surface area contributed by atoms with Crippen molar-refractivity contribution < 1.29 is 14.3 Å². The Kier molecular flexibility index (Phi) is 4.47. The number of hydrogen-bond acceptors (Lipinski definition) is 5. The first-order chi connectivity index (χ1) is 8.31. The van der Waals surface area contributed by atoms with Gasteiger partial charge < -0.3 is 9.47 Å². The van der Waals surface area contributed by atoms with Gasteiger partial charge in [0.05, 0.1) is 20.1 Å². The Balaban J connectivity index is 2.63. The number of nitrogens with zero attached hydrogens (tertiary/aromatic N) is 2. The molecule has 0 aliphatic rings. The topological polar surface area (TPSA) is 70.4 Å². The molecule has 0 amide bonds. The molecule has 1 aromatic rings. The Hall–Kier alpha value is -1.85. The number of hydrogen-bond donors (Lipinski definition) is 0. The number of rotatable bonds is 4. The van der Waals surface area contributed by atoms with E-state index in [1.165, 1.54) is 23.9 Å². The third kappa shape index (κ3) is 4.57. The predicted molar refractivity (Wildman–Crippen MR) is 65.5 cm³/mol. The van der Waals surface area contributed by atoms with E-state index in [0.29, 0.717) is 5.88 Å². The van der Waals surface area contributed by atoms with Gasteiger partial charge in [-0.05, 0) is 20.8 Å². The van der Waals surface area contributed by atoms with E-state index in [0.717, 1.165) is 0 Å². The molecule has 18 heavy (non-hydrogen) atoms. The van der Waals surface area contributed by atoms with Crippen molar-refractivity contribution in [2.24, 2.45) is 0 Å². The monoisotopic (exact) mass is 254 g/mol. The fourth-order valence-electron chi connectivity index (χ4n) is 1.29. The number of methoxy groups -OCH3 is 1. The van der Waals surface area contributed by atoms with Crippen molar-refractivity contribution in [3.63, 3.8) is 0 Å². The lowest BCUT2D eigenvalue weighted by Crippen LogP contribution is -2.27. The van der Waals surface area contributed by atoms with Gasteiger partial charge in [0.2, 0.25) is 5.88 Å². The maximum atomic E-state index is 11.5. The van der Waals surface area contributed by atoms with Crippen LogP contribution in [-0.4, -0.2) is 28.5 Å². The lowest BCUT2D eigenvalue weighted by molar-refractivity contribution is -0.155. The number of carbonyl (C=O) groups is 1. The molecular weight excluding hydrogens is 236 g/mol. The van der Waals surface area contributed by atoms with Crippen LogP contribution in [0.1, 0.15) is 27.2 Å². The zero-order chi connectivity index (χ0) is 13.8. The van der Waals surface area contributed by atoms with Crippen LogP contribution >= 0.6 is 0 Å². The van der Waals surface area contributed by atoms with Crippen molar-refractivity contribution in [2.45, 2.75) is 39.3 Å². The normalized spacial score (nSPS) is 11.1. The molecule has 0 spiro atoms. The van der Waals surface area contributed by atoms with Crippen LogP contribution in [0, 0.1) is 0 Å². The van der Waals surface area contributed by atoms with Crippen LogP contribution in [-0.2, 0) is 16.1 Å². The summed E-state index contributed by atoms with van der Waals surface area (Å²) in [7, 11) is 1.46. The van der Waals surface area contributed by atoms with Gasteiger partial charge in [0.1, 0.15) is 5.60 Å². The highest BCUT2D eigenvalue weighted by atomic mass is 16.6. The van der Waals surface area contributed by atoms with Gasteiger partial charge in [0, 0.05) is 12.1 Å². The Labute approximate surface area is 106 Å². The summed E-state index contributed by atoms with van der Waals surface area (Å²) in [6.07, 6.45) is 0.0946. The molecule has 0 aliphatic carbocycles. The van der Waals surface area contributed by atoms with Crippen molar-refractivity contribution in [3.8, 4) is 5.88 Å². The second-order valence-electron chi connectivity index (χ2n) is 4.77. The molecule has 0 radical (unpaired) electrons. The van der Waals surface area contributed by atoms with E-state index in [2.05, 4.69) is 5.10 Å². The number of aromatic nitrogens is 2. The van der Waals surface area contributed by atoms with Gasteiger partial charge in [-0.2, -0.15) is 0 Å². The number of aryl methyl sites for hydroxylation is 1. The summed E-state index contributed by atoms with van der Waals surface area (Å²) in [6, 6.07) is 2.83. The molecule has 0 fully saturated rings. The van der Waals surface area contributed by atoms with E-state index in [9.17, 15) is 9.59 Å². The van der Waals surface area contributed by atoms with Gasteiger partial charge in [-0.15, -0.1) is 5.10 Å². The molecule has 1 rings (SSSR count). The summed E-state index contributed by atoms with van der Waals surface area (Å²) >= 11 is 0. The summed E-state index contributed by atoms with van der Waals surface area (Å²) in [5.74, 6) is -0.0298. The maximum absolute atomic E-state index is 11.5. The third-order valence-electron chi connectivity index (χ3n) is 2.00. The van der Waals surface area contributed by atoms with Crippen molar-refractivity contribution >= 4 is 5.97 Å². The van der Waals surface area contributed by atoms with E-state index < -0.39 is 5.60 Å². The SMILES string of the molecule is COc1ccc(=O)n(CCC(=O)OC(C)(C)C)n1. The van der Waals surface area contributed by atoms with Gasteiger partial charge >= 0.3 is 5.97 Å². The van der Waals surface area contributed by atoms with Crippen LogP contribution in [0.2, 0.25) is 0 Å². The molecular formula is C12H18N2O4. The van der Waals surface area contributed by atoms with Crippen LogP contribution in [0.4, 0.5) is 0 Å². The van der Waals surface area contributed by atoms with E-state index in [-0.39, 0.29) is 24.5 Å². The van der Waals surface area contributed by atoms with Crippen LogP contribution in [0.15, 0.2) is 16.9 Å². The minimum Gasteiger partial charge on any atom is -0.480 e. The molecule has 0 saturated heterocycles. The lowest BCUT2D eigenvalue weighted by atomic mass is 10.2. The molecule has 0 aromatic carbocycles. The van der Waals surface area contributed by atoms with Crippen molar-refractivity contribution in [1.82, 2.24) is 9.78 Å². The molecule has 0 atom stereocenters. The van der Waals surface area contributed by atoms with Crippen LogP contribution < -0.4 is 10.3 Å². The van der Waals surface area contributed by atoms with E-state index in [4.69, 9.17) is 9.47 Å². The Morgan fingerprint density at radius 1 is 1.39 bits per heavy atom. The predicted octanol–water partition coefficient (Wildman–Crippen LogP) is 0.984. The van der Waals surface area contributed by atoms with Gasteiger partial charge in [-0.1, -0.05) is 0 Å². The van der Waals surface area contributed by atoms with Gasteiger partial charge in [0.15, 0.2) is 0 Å². The smallest absolute Gasteiger partial charge is 0.308 e. The maximum Gasteiger partial charge on any atom is 0.308 e. The summed E-state index contributed by atoms with van der Waals surface area (Å²) in [6.45, 7) is 5.55. The molecule has 0 aliphatic heterocycles. The fourth-order valence-corrected chi connectivity index (χ4v) is 1.29. The largest absolute Gasteiger partial charge is 0.480 e. The van der Waals surface area contributed by atoms with Crippen LogP contribution in [0.25, 0.3) is 0 Å². The van der Waals surface area contributed by atoms with Crippen molar-refractivity contribution in [2.75, 3.05) is 7.11 Å². The minimum absolute atomic E-state index is 0.0946. The molecule has 100 valence electrons. The third-order valence-corrected chi connectivity index (χ3v) is 2.00. The first-order valence-corrected chi connectivity index (χ1v) is 5.66. The summed E-state index contributed by atoms with van der Waals surface area (Å²) in [4.78, 5) is 23.0. The van der Waals surface area contributed by atoms with E-state index >= 15 is 0 Å². The fraction of sp³-hybridized carbons (Fsp3) is 0.583. The number of esters is 1. The van der Waals surface area contributed by atoms with E-state index in [1.807, 2.05) is 0 Å². The Bertz CT molecular complexity index is 474. The molecule has 0 bridgehead atoms. The summed E-state index contributed by atoms with van der Waals surface area (Å²) in [5.41, 5.74) is -0.802. The molecule has 0 unspecified atom stereocenters. The number of ether oxygens (including phenoxy) is 2. The average Bonchev–Trinajstić information content (AvgIpc) is 2.25. The standard InChI is InChI=1S/C12H18N2O4/c1-12(2,3)18-11(16)7-8-14-10(15)6-5-9(13-14)17-4/h5-6H,7-8H2,1-4H3. The van der Waals surface area contributed by atoms with Crippen molar-refractivity contribution in [1.29, 1.82) is 0 Å². The quantitative estimate of drug-likeness (QED) is 0.749. The van der Waals surface area contributed by atoms with Crippen LogP contribution in [0.5, 0.6) is 5.88 Å². The zero-order valence-corrected chi connectivity index (χ0v) is 11.1.